The van der Waals surface area contributed by atoms with Gasteiger partial charge < -0.3 is 35.4 Å². The lowest BCUT2D eigenvalue weighted by Gasteiger charge is -2.15. The quantitative estimate of drug-likeness (QED) is 0.323. The molecule has 0 aliphatic heterocycles. The molecule has 5 N–H and O–H groups in total. The molecule has 0 aliphatic carbocycles. The number of aliphatic hydroxyl groups is 5. The molecule has 0 aromatic carbocycles. The van der Waals surface area contributed by atoms with E-state index >= 15 is 0 Å². The van der Waals surface area contributed by atoms with Gasteiger partial charge in [0.2, 0.25) is 0 Å². The molecular weight excluding hydrogens is 227 g/mol. The monoisotopic (exact) mass is 244 g/mol. The minimum Gasteiger partial charge on any atom is -0.547 e. The summed E-state index contributed by atoms with van der Waals surface area (Å²) in [6, 6.07) is 0. The molecule has 0 fully saturated rings. The van der Waals surface area contributed by atoms with Crippen molar-refractivity contribution >= 4 is 13.2 Å². The van der Waals surface area contributed by atoms with Gasteiger partial charge in [0.15, 0.2) is 25.4 Å². The van der Waals surface area contributed by atoms with Crippen LogP contribution in [0.25, 0.3) is 0 Å². The fourth-order valence-corrected chi connectivity index (χ4v) is 0.805. The molecule has 7 nitrogen and oxygen atoms in total. The van der Waals surface area contributed by atoms with Crippen LogP contribution in [0, 0.1) is 0 Å². The molecule has 0 heterocycles. The number of hydrogen-bond acceptors (Lipinski definition) is 7. The number of aliphatic hydroxyl groups excluding tert-OH is 5. The molecule has 0 saturated carbocycles. The van der Waals surface area contributed by atoms with Crippen LogP contribution in [0.5, 0.6) is 0 Å². The van der Waals surface area contributed by atoms with Crippen LogP contribution in [0.3, 0.4) is 0 Å². The summed E-state index contributed by atoms with van der Waals surface area (Å²) in [5.41, 5.74) is 0. The summed E-state index contributed by atoms with van der Waals surface area (Å²) in [6.07, 6.45) is -2.52. The molecule has 0 bridgehead atoms. The van der Waals surface area contributed by atoms with Gasteiger partial charge in [-0.25, -0.2) is 0 Å². The van der Waals surface area contributed by atoms with Crippen molar-refractivity contribution in [2.45, 2.75) is 13.0 Å². The Morgan fingerprint density at radius 1 is 1.13 bits per heavy atom. The van der Waals surface area contributed by atoms with E-state index in [4.69, 9.17) is 25.5 Å². The molecule has 0 rings (SSSR count). The largest absolute Gasteiger partial charge is 0.547 e. The van der Waals surface area contributed by atoms with Crippen LogP contribution >= 0.6 is 7.26 Å². The maximum Gasteiger partial charge on any atom is 0.161 e. The normalized spacial score (nSPS) is 12.7. The highest BCUT2D eigenvalue weighted by molar-refractivity contribution is 7.75. The third kappa shape index (κ3) is 7.61. The van der Waals surface area contributed by atoms with Crippen molar-refractivity contribution < 1.29 is 35.4 Å². The molecule has 0 amide bonds. The predicted octanol–water partition coefficient (Wildman–Crippen LogP) is -3.08. The average molecular weight is 244 g/mol. The van der Waals surface area contributed by atoms with Crippen molar-refractivity contribution in [3.8, 4) is 0 Å². The van der Waals surface area contributed by atoms with E-state index in [1.165, 1.54) is 0 Å². The lowest BCUT2D eigenvalue weighted by Crippen LogP contribution is -2.32. The molecule has 0 aromatic heterocycles. The zero-order chi connectivity index (χ0) is 12.5. The molecule has 0 aliphatic rings. The Bertz CT molecular complexity index is 151. The smallest absolute Gasteiger partial charge is 0.161 e. The van der Waals surface area contributed by atoms with Crippen molar-refractivity contribution in [3.63, 3.8) is 0 Å². The summed E-state index contributed by atoms with van der Waals surface area (Å²) < 4.78 is 0. The van der Waals surface area contributed by atoms with E-state index in [-0.39, 0.29) is 25.4 Å². The van der Waals surface area contributed by atoms with Gasteiger partial charge in [0.05, 0.1) is 12.1 Å². The lowest BCUT2D eigenvalue weighted by atomic mass is 10.4. The molecule has 15 heavy (non-hydrogen) atoms. The second kappa shape index (κ2) is 8.96. The van der Waals surface area contributed by atoms with Crippen LogP contribution in [-0.2, 0) is 4.79 Å². The van der Waals surface area contributed by atoms with Crippen LogP contribution in [-0.4, -0.2) is 63.0 Å². The van der Waals surface area contributed by atoms with E-state index < -0.39 is 19.3 Å². The molecule has 1 atom stereocenters. The topological polar surface area (TPSA) is 141 Å². The molecule has 0 radical (unpaired) electrons. The third-order valence-corrected chi connectivity index (χ3v) is 3.94. The number of carbonyl (C=O) groups excluding carboxylic acids is 1. The summed E-state index contributed by atoms with van der Waals surface area (Å²) in [5, 5.41) is 51.5. The van der Waals surface area contributed by atoms with E-state index in [0.717, 1.165) is 6.92 Å². The molecule has 1 unspecified atom stereocenters. The fraction of sp³-hybridized carbons (Fsp3) is 0.857. The van der Waals surface area contributed by atoms with Crippen molar-refractivity contribution in [2.75, 3.05) is 25.4 Å². The van der Waals surface area contributed by atoms with Crippen LogP contribution < -0.4 is 5.11 Å². The maximum absolute atomic E-state index is 9.34. The van der Waals surface area contributed by atoms with E-state index in [2.05, 4.69) is 0 Å². The first kappa shape index (κ1) is 17.1. The summed E-state index contributed by atoms with van der Waals surface area (Å²) >= 11 is 0. The summed E-state index contributed by atoms with van der Waals surface area (Å²) in [4.78, 5) is 9.34. The van der Waals surface area contributed by atoms with Gasteiger partial charge in [-0.1, -0.05) is 0 Å². The summed E-state index contributed by atoms with van der Waals surface area (Å²) in [6.45, 7) is 1.13. The van der Waals surface area contributed by atoms with Crippen LogP contribution in [0.15, 0.2) is 0 Å². The Hall–Kier alpha value is -0.300. The van der Waals surface area contributed by atoms with Gasteiger partial charge in [0.25, 0.3) is 0 Å². The van der Waals surface area contributed by atoms with E-state index in [1.54, 1.807) is 0 Å². The molecule has 0 spiro atoms. The Labute approximate surface area is 87.9 Å². The highest BCUT2D eigenvalue weighted by Crippen LogP contribution is 2.54. The second-order valence-electron chi connectivity index (χ2n) is 2.90. The van der Waals surface area contributed by atoms with Crippen molar-refractivity contribution in [1.29, 1.82) is 0 Å². The van der Waals surface area contributed by atoms with Gasteiger partial charge in [-0.15, -0.1) is 0 Å². The van der Waals surface area contributed by atoms with Crippen LogP contribution in [0.4, 0.5) is 0 Å². The van der Waals surface area contributed by atoms with Crippen molar-refractivity contribution in [3.05, 3.63) is 0 Å². The number of carboxylic acids is 1. The number of carboxylic acid groups (broad SMARTS) is 1. The highest BCUT2D eigenvalue weighted by atomic mass is 31.2. The van der Waals surface area contributed by atoms with Gasteiger partial charge in [-0.3, -0.25) is 0 Å². The number of hydrogen-bond donors (Lipinski definition) is 5. The summed E-state index contributed by atoms with van der Waals surface area (Å²) in [5.74, 6) is -1.44. The SMILES string of the molecule is CC(O)C(=O)[O-].OC[P+](CO)(CO)CO. The Morgan fingerprint density at radius 3 is 1.33 bits per heavy atom. The molecule has 0 aromatic rings. The fourth-order valence-electron chi connectivity index (χ4n) is 0.268. The number of aliphatic carboxylic acids is 1. The zero-order valence-corrected chi connectivity index (χ0v) is 9.30. The average Bonchev–Trinajstić information content (AvgIpc) is 2.23. The molecule has 92 valence electrons. The van der Waals surface area contributed by atoms with Gasteiger partial charge >= 0.3 is 0 Å². The van der Waals surface area contributed by atoms with Gasteiger partial charge in [0.1, 0.15) is 7.26 Å². The minimum atomic E-state index is -2.20. The molecule has 0 saturated heterocycles. The standard InChI is InChI=1S/C4H12O4P.C3H6O3/c5-1-9(2-6,3-7)4-8;1-2(4)3(5)6/h5-8H,1-4H2;2,4H,1H3,(H,5,6)/q+1;/p-1. The number of carbonyl (C=O) groups is 1. The maximum atomic E-state index is 9.34. The lowest BCUT2D eigenvalue weighted by molar-refractivity contribution is -0.314. The van der Waals surface area contributed by atoms with E-state index in [9.17, 15) is 9.90 Å². The van der Waals surface area contributed by atoms with Crippen molar-refractivity contribution in [2.24, 2.45) is 0 Å². The van der Waals surface area contributed by atoms with Gasteiger partial charge in [0, 0.05) is 0 Å². The van der Waals surface area contributed by atoms with Crippen LogP contribution in [0.2, 0.25) is 0 Å². The highest BCUT2D eigenvalue weighted by Gasteiger charge is 2.34. The first-order chi connectivity index (χ1) is 6.89. The Kier molecular flexibility index (Phi) is 10.2. The van der Waals surface area contributed by atoms with Crippen molar-refractivity contribution in [1.82, 2.24) is 0 Å². The predicted molar refractivity (Wildman–Crippen MR) is 52.0 cm³/mol. The van der Waals surface area contributed by atoms with Crippen LogP contribution in [0.1, 0.15) is 6.92 Å². The summed E-state index contributed by atoms with van der Waals surface area (Å²) in [7, 11) is -2.20. The Morgan fingerprint density at radius 2 is 1.33 bits per heavy atom. The van der Waals surface area contributed by atoms with E-state index in [1.807, 2.05) is 0 Å². The van der Waals surface area contributed by atoms with E-state index in [0.29, 0.717) is 0 Å². The zero-order valence-electron chi connectivity index (χ0n) is 8.41. The van der Waals surface area contributed by atoms with Gasteiger partial charge in [-0.05, 0) is 6.92 Å². The third-order valence-electron chi connectivity index (χ3n) is 1.54. The molecule has 8 heteroatoms. The number of rotatable bonds is 5. The van der Waals surface area contributed by atoms with Gasteiger partial charge in [-0.2, -0.15) is 0 Å². The first-order valence-corrected chi connectivity index (χ1v) is 6.59. The Balaban J connectivity index is 0. The first-order valence-electron chi connectivity index (χ1n) is 4.06. The molecular formula is C7H17O7P. The minimum absolute atomic E-state index is 0.295. The second-order valence-corrected chi connectivity index (χ2v) is 6.72.